The predicted molar refractivity (Wildman–Crippen MR) is 75.0 cm³/mol. The number of rotatable bonds is 2. The van der Waals surface area contributed by atoms with Gasteiger partial charge in [0.05, 0.1) is 22.6 Å². The molecule has 0 aromatic heterocycles. The van der Waals surface area contributed by atoms with Crippen LogP contribution in [0, 0.1) is 0 Å². The first-order chi connectivity index (χ1) is 8.71. The van der Waals surface area contributed by atoms with Gasteiger partial charge in [-0.2, -0.15) is 0 Å². The highest BCUT2D eigenvalue weighted by Crippen LogP contribution is 2.24. The van der Waals surface area contributed by atoms with Crippen LogP contribution in [0.15, 0.2) is 18.2 Å². The first kappa shape index (κ1) is 14.1. The van der Waals surface area contributed by atoms with Crippen molar-refractivity contribution in [3.05, 3.63) is 28.8 Å². The van der Waals surface area contributed by atoms with E-state index in [4.69, 9.17) is 17.3 Å². The van der Waals surface area contributed by atoms with Gasteiger partial charge in [-0.3, -0.25) is 4.79 Å². The molecule has 19 heavy (non-hydrogen) atoms. The van der Waals surface area contributed by atoms with Crippen LogP contribution in [-0.4, -0.2) is 31.4 Å². The number of hydrogen-bond donors (Lipinski definition) is 2. The minimum Gasteiger partial charge on any atom is -0.398 e. The van der Waals surface area contributed by atoms with E-state index >= 15 is 0 Å². The molecule has 3 N–H and O–H groups in total. The standard InChI is InChI=1S/C12H15ClN2O3S/c1-12(4-5-19(17,18)7-12)15-11(16)9-3-2-8(13)6-10(9)14/h2-3,6H,4-5,7,14H2,1H3,(H,15,16). The van der Waals surface area contributed by atoms with Crippen molar-refractivity contribution < 1.29 is 13.2 Å². The van der Waals surface area contributed by atoms with Gasteiger partial charge in [-0.25, -0.2) is 8.42 Å². The second kappa shape index (κ2) is 4.68. The van der Waals surface area contributed by atoms with Crippen molar-refractivity contribution in [1.82, 2.24) is 5.32 Å². The van der Waals surface area contributed by atoms with E-state index in [0.717, 1.165) is 0 Å². The van der Waals surface area contributed by atoms with Gasteiger partial charge in [-0.15, -0.1) is 0 Å². The Hall–Kier alpha value is -1.27. The summed E-state index contributed by atoms with van der Waals surface area (Å²) in [7, 11) is -3.07. The van der Waals surface area contributed by atoms with Crippen LogP contribution < -0.4 is 11.1 Å². The monoisotopic (exact) mass is 302 g/mol. The SMILES string of the molecule is CC1(NC(=O)c2ccc(Cl)cc2N)CCS(=O)(=O)C1. The van der Waals surface area contributed by atoms with Gasteiger partial charge >= 0.3 is 0 Å². The summed E-state index contributed by atoms with van der Waals surface area (Å²) in [5, 5.41) is 3.19. The molecule has 5 nitrogen and oxygen atoms in total. The third-order valence-electron chi connectivity index (χ3n) is 3.18. The van der Waals surface area contributed by atoms with Crippen LogP contribution in [0.4, 0.5) is 5.69 Å². The fourth-order valence-electron chi connectivity index (χ4n) is 2.19. The van der Waals surface area contributed by atoms with Gasteiger partial charge in [0.15, 0.2) is 9.84 Å². The molecule has 1 aromatic carbocycles. The molecular weight excluding hydrogens is 288 g/mol. The number of nitrogens with two attached hydrogens (primary N) is 1. The highest BCUT2D eigenvalue weighted by molar-refractivity contribution is 7.91. The molecule has 0 saturated carbocycles. The molecule has 0 bridgehead atoms. The molecular formula is C12H15ClN2O3S. The van der Waals surface area contributed by atoms with Gasteiger partial charge in [0.1, 0.15) is 0 Å². The van der Waals surface area contributed by atoms with Crippen LogP contribution >= 0.6 is 11.6 Å². The third kappa shape index (κ3) is 3.19. The smallest absolute Gasteiger partial charge is 0.253 e. The lowest BCUT2D eigenvalue weighted by molar-refractivity contribution is 0.0916. The zero-order valence-corrected chi connectivity index (χ0v) is 12.0. The minimum absolute atomic E-state index is 0.0424. The average molecular weight is 303 g/mol. The van der Waals surface area contributed by atoms with Gasteiger partial charge in [0, 0.05) is 10.7 Å². The fraction of sp³-hybridized carbons (Fsp3) is 0.417. The van der Waals surface area contributed by atoms with E-state index in [0.29, 0.717) is 17.0 Å². The Morgan fingerprint density at radius 2 is 2.16 bits per heavy atom. The van der Waals surface area contributed by atoms with Crippen LogP contribution in [-0.2, 0) is 9.84 Å². The quantitative estimate of drug-likeness (QED) is 0.804. The van der Waals surface area contributed by atoms with Crippen LogP contribution in [0.25, 0.3) is 0 Å². The summed E-state index contributed by atoms with van der Waals surface area (Å²) in [6.45, 7) is 1.72. The summed E-state index contributed by atoms with van der Waals surface area (Å²) in [6, 6.07) is 4.59. The maximum absolute atomic E-state index is 12.1. The lowest BCUT2D eigenvalue weighted by Crippen LogP contribution is -2.47. The molecule has 0 spiro atoms. The lowest BCUT2D eigenvalue weighted by atomic mass is 10.0. The van der Waals surface area contributed by atoms with E-state index in [9.17, 15) is 13.2 Å². The number of hydrogen-bond acceptors (Lipinski definition) is 4. The maximum atomic E-state index is 12.1. The Kier molecular flexibility index (Phi) is 3.49. The molecule has 0 aliphatic carbocycles. The molecule has 7 heteroatoms. The Morgan fingerprint density at radius 3 is 2.68 bits per heavy atom. The largest absolute Gasteiger partial charge is 0.398 e. The molecule has 1 aliphatic rings. The van der Waals surface area contributed by atoms with E-state index in [-0.39, 0.29) is 23.1 Å². The van der Waals surface area contributed by atoms with Crippen LogP contribution in [0.1, 0.15) is 23.7 Å². The van der Waals surface area contributed by atoms with Crippen LogP contribution in [0.3, 0.4) is 0 Å². The van der Waals surface area contributed by atoms with Crippen molar-refractivity contribution >= 4 is 33.0 Å². The third-order valence-corrected chi connectivity index (χ3v) is 5.32. The molecule has 1 aliphatic heterocycles. The Morgan fingerprint density at radius 1 is 1.47 bits per heavy atom. The zero-order valence-electron chi connectivity index (χ0n) is 10.4. The van der Waals surface area contributed by atoms with E-state index in [2.05, 4.69) is 5.32 Å². The van der Waals surface area contributed by atoms with Gasteiger partial charge in [-0.05, 0) is 31.5 Å². The van der Waals surface area contributed by atoms with E-state index in [1.54, 1.807) is 13.0 Å². The Labute approximate surface area is 117 Å². The molecule has 1 aromatic rings. The van der Waals surface area contributed by atoms with Crippen LogP contribution in [0.2, 0.25) is 5.02 Å². The van der Waals surface area contributed by atoms with Crippen molar-refractivity contribution in [3.8, 4) is 0 Å². The van der Waals surface area contributed by atoms with Crippen molar-refractivity contribution in [2.75, 3.05) is 17.2 Å². The van der Waals surface area contributed by atoms with Crippen molar-refractivity contribution in [3.63, 3.8) is 0 Å². The fourth-order valence-corrected chi connectivity index (χ4v) is 4.46. The summed E-state index contributed by atoms with van der Waals surface area (Å²) in [6.07, 6.45) is 0.411. The number of halogens is 1. The van der Waals surface area contributed by atoms with Crippen LogP contribution in [0.5, 0.6) is 0 Å². The van der Waals surface area contributed by atoms with E-state index in [1.807, 2.05) is 0 Å². The van der Waals surface area contributed by atoms with Crippen molar-refractivity contribution in [2.24, 2.45) is 0 Å². The second-order valence-electron chi connectivity index (χ2n) is 5.09. The molecule has 2 rings (SSSR count). The first-order valence-electron chi connectivity index (χ1n) is 5.79. The molecule has 1 atom stereocenters. The van der Waals surface area contributed by atoms with Gasteiger partial charge in [0.2, 0.25) is 0 Å². The highest BCUT2D eigenvalue weighted by Gasteiger charge is 2.39. The number of carbonyl (C=O) groups is 1. The van der Waals surface area contributed by atoms with E-state index in [1.165, 1.54) is 12.1 Å². The average Bonchev–Trinajstić information content (AvgIpc) is 2.52. The minimum atomic E-state index is -3.07. The normalized spacial score (nSPS) is 25.2. The summed E-state index contributed by atoms with van der Waals surface area (Å²) >= 11 is 5.77. The molecule has 1 unspecified atom stereocenters. The topological polar surface area (TPSA) is 89.3 Å². The Bertz CT molecular complexity index is 630. The number of carbonyl (C=O) groups excluding carboxylic acids is 1. The van der Waals surface area contributed by atoms with Crippen molar-refractivity contribution in [1.29, 1.82) is 0 Å². The number of amides is 1. The Balaban J connectivity index is 2.18. The number of nitrogen functional groups attached to an aromatic ring is 1. The molecule has 1 fully saturated rings. The zero-order chi connectivity index (χ0) is 14.3. The highest BCUT2D eigenvalue weighted by atomic mass is 35.5. The first-order valence-corrected chi connectivity index (χ1v) is 7.99. The number of sulfone groups is 1. The maximum Gasteiger partial charge on any atom is 0.253 e. The number of nitrogens with one attached hydrogen (secondary N) is 1. The second-order valence-corrected chi connectivity index (χ2v) is 7.71. The summed E-state index contributed by atoms with van der Waals surface area (Å²) in [4.78, 5) is 12.1. The number of anilines is 1. The number of benzene rings is 1. The molecule has 1 saturated heterocycles. The summed E-state index contributed by atoms with van der Waals surface area (Å²) < 4.78 is 23.0. The lowest BCUT2D eigenvalue weighted by Gasteiger charge is -2.24. The summed E-state index contributed by atoms with van der Waals surface area (Å²) in [5.74, 6) is -0.326. The molecule has 0 radical (unpaired) electrons. The predicted octanol–water partition coefficient (Wildman–Crippen LogP) is 1.23. The van der Waals surface area contributed by atoms with Gasteiger partial charge in [-0.1, -0.05) is 11.6 Å². The molecule has 104 valence electrons. The summed E-state index contributed by atoms with van der Waals surface area (Å²) in [5.41, 5.74) is 5.57. The molecule has 1 amide bonds. The van der Waals surface area contributed by atoms with Crippen molar-refractivity contribution in [2.45, 2.75) is 18.9 Å². The van der Waals surface area contributed by atoms with Gasteiger partial charge < -0.3 is 11.1 Å². The molecule has 1 heterocycles. The van der Waals surface area contributed by atoms with Gasteiger partial charge in [0.25, 0.3) is 5.91 Å². The van der Waals surface area contributed by atoms with E-state index < -0.39 is 15.4 Å².